The molecule has 2 atom stereocenters. The van der Waals surface area contributed by atoms with Gasteiger partial charge in [-0.25, -0.2) is 4.98 Å². The molecule has 5 heteroatoms. The van der Waals surface area contributed by atoms with Crippen LogP contribution in [0.2, 0.25) is 10.0 Å². The number of rotatable bonds is 2. The molecule has 16 heavy (non-hydrogen) atoms. The fourth-order valence-corrected chi connectivity index (χ4v) is 2.20. The molecular formula is C11H14Cl2N2O. The van der Waals surface area contributed by atoms with Crippen LogP contribution in [0.3, 0.4) is 0 Å². The third kappa shape index (κ3) is 2.26. The summed E-state index contributed by atoms with van der Waals surface area (Å²) in [6.45, 7) is 4.91. The monoisotopic (exact) mass is 260 g/mol. The van der Waals surface area contributed by atoms with Gasteiger partial charge >= 0.3 is 0 Å². The van der Waals surface area contributed by atoms with Crippen molar-refractivity contribution in [3.63, 3.8) is 0 Å². The van der Waals surface area contributed by atoms with Crippen LogP contribution < -0.4 is 5.32 Å². The molecule has 0 bridgehead atoms. The molecule has 0 spiro atoms. The summed E-state index contributed by atoms with van der Waals surface area (Å²) in [4.78, 5) is 4.19. The molecule has 2 unspecified atom stereocenters. The van der Waals surface area contributed by atoms with E-state index in [0.29, 0.717) is 15.9 Å². The summed E-state index contributed by atoms with van der Waals surface area (Å²) in [5.41, 5.74) is -0.121. The third-order valence-electron chi connectivity index (χ3n) is 3.10. The molecule has 0 saturated carbocycles. The van der Waals surface area contributed by atoms with Gasteiger partial charge in [0.2, 0.25) is 0 Å². The van der Waals surface area contributed by atoms with Crippen LogP contribution >= 0.6 is 23.2 Å². The zero-order chi connectivity index (χ0) is 11.8. The minimum absolute atomic E-state index is 0.121. The normalized spacial score (nSPS) is 29.4. The Morgan fingerprint density at radius 2 is 2.31 bits per heavy atom. The number of hydrogen-bond donors (Lipinski definition) is 1. The number of nitrogens with zero attached hydrogens (tertiary/aromatic N) is 1. The van der Waals surface area contributed by atoms with Crippen LogP contribution in [0.1, 0.15) is 20.3 Å². The first-order valence-electron chi connectivity index (χ1n) is 5.22. The van der Waals surface area contributed by atoms with Crippen molar-refractivity contribution in [3.05, 3.63) is 22.3 Å². The number of aromatic nitrogens is 1. The van der Waals surface area contributed by atoms with Crippen molar-refractivity contribution in [1.29, 1.82) is 0 Å². The summed E-state index contributed by atoms with van der Waals surface area (Å²) in [7, 11) is 0. The molecule has 0 aromatic carbocycles. The maximum Gasteiger partial charge on any atom is 0.145 e. The van der Waals surface area contributed by atoms with Gasteiger partial charge < -0.3 is 10.1 Å². The molecule has 2 heterocycles. The predicted molar refractivity (Wildman–Crippen MR) is 66.3 cm³/mol. The molecule has 1 aromatic rings. The lowest BCUT2D eigenvalue weighted by atomic mass is 9.95. The quantitative estimate of drug-likeness (QED) is 0.886. The van der Waals surface area contributed by atoms with Gasteiger partial charge in [-0.1, -0.05) is 23.2 Å². The average Bonchev–Trinajstić information content (AvgIpc) is 2.52. The van der Waals surface area contributed by atoms with E-state index in [9.17, 15) is 0 Å². The van der Waals surface area contributed by atoms with Crippen molar-refractivity contribution >= 4 is 29.0 Å². The van der Waals surface area contributed by atoms with E-state index in [4.69, 9.17) is 27.9 Å². The fourth-order valence-electron chi connectivity index (χ4n) is 1.78. The minimum Gasteiger partial charge on any atom is -0.376 e. The summed E-state index contributed by atoms with van der Waals surface area (Å²) < 4.78 is 5.54. The van der Waals surface area contributed by atoms with E-state index in [1.807, 2.05) is 6.92 Å². The summed E-state index contributed by atoms with van der Waals surface area (Å²) in [5, 5.41) is 4.41. The topological polar surface area (TPSA) is 34.1 Å². The molecule has 1 fully saturated rings. The highest BCUT2D eigenvalue weighted by Gasteiger charge is 2.37. The maximum atomic E-state index is 6.07. The van der Waals surface area contributed by atoms with E-state index in [2.05, 4.69) is 17.2 Å². The number of ether oxygens (including phenoxy) is 1. The van der Waals surface area contributed by atoms with E-state index in [1.165, 1.54) is 0 Å². The zero-order valence-corrected chi connectivity index (χ0v) is 10.8. The summed E-state index contributed by atoms with van der Waals surface area (Å²) in [6.07, 6.45) is 2.66. The standard InChI is InChI=1S/C11H14Cl2N2O/c1-7-11(2,3-4-16-7)15-10-9(13)5-8(12)6-14-10/h5-7H,3-4H2,1-2H3,(H,14,15). The van der Waals surface area contributed by atoms with Gasteiger partial charge in [-0.15, -0.1) is 0 Å². The first-order valence-corrected chi connectivity index (χ1v) is 5.98. The number of halogens is 2. The summed E-state index contributed by atoms with van der Waals surface area (Å²) in [6, 6.07) is 1.68. The smallest absolute Gasteiger partial charge is 0.145 e. The highest BCUT2D eigenvalue weighted by molar-refractivity contribution is 6.35. The number of hydrogen-bond acceptors (Lipinski definition) is 3. The van der Waals surface area contributed by atoms with E-state index < -0.39 is 0 Å². The van der Waals surface area contributed by atoms with Crippen molar-refractivity contribution in [1.82, 2.24) is 4.98 Å². The molecule has 0 aliphatic carbocycles. The Bertz CT molecular complexity index is 400. The Kier molecular flexibility index (Phi) is 3.29. The van der Waals surface area contributed by atoms with Crippen molar-refractivity contribution in [2.75, 3.05) is 11.9 Å². The van der Waals surface area contributed by atoms with Gasteiger partial charge in [0.1, 0.15) is 5.82 Å². The van der Waals surface area contributed by atoms with Crippen molar-refractivity contribution in [2.45, 2.75) is 31.9 Å². The highest BCUT2D eigenvalue weighted by atomic mass is 35.5. The first kappa shape index (κ1) is 12.0. The van der Waals surface area contributed by atoms with Crippen LogP contribution in [-0.2, 0) is 4.74 Å². The molecule has 0 radical (unpaired) electrons. The second-order valence-electron chi connectivity index (χ2n) is 4.29. The Morgan fingerprint density at radius 1 is 1.56 bits per heavy atom. The first-order chi connectivity index (χ1) is 7.51. The average molecular weight is 261 g/mol. The molecule has 3 nitrogen and oxygen atoms in total. The van der Waals surface area contributed by atoms with Crippen LogP contribution in [0.5, 0.6) is 0 Å². The van der Waals surface area contributed by atoms with Gasteiger partial charge in [0.15, 0.2) is 0 Å². The van der Waals surface area contributed by atoms with Gasteiger partial charge in [-0.05, 0) is 26.3 Å². The molecular weight excluding hydrogens is 247 g/mol. The second kappa shape index (κ2) is 4.40. The molecule has 1 aromatic heterocycles. The van der Waals surface area contributed by atoms with E-state index in [0.717, 1.165) is 13.0 Å². The van der Waals surface area contributed by atoms with Crippen LogP contribution in [0.4, 0.5) is 5.82 Å². The SMILES string of the molecule is CC1OCCC1(C)Nc1ncc(Cl)cc1Cl. The van der Waals surface area contributed by atoms with Crippen molar-refractivity contribution < 1.29 is 4.74 Å². The third-order valence-corrected chi connectivity index (χ3v) is 3.59. The van der Waals surface area contributed by atoms with Crippen molar-refractivity contribution in [3.8, 4) is 0 Å². The van der Waals surface area contributed by atoms with E-state index >= 15 is 0 Å². The zero-order valence-electron chi connectivity index (χ0n) is 9.26. The number of pyridine rings is 1. The molecule has 2 rings (SSSR count). The minimum atomic E-state index is -0.121. The summed E-state index contributed by atoms with van der Waals surface area (Å²) in [5.74, 6) is 0.658. The molecule has 0 amide bonds. The highest BCUT2D eigenvalue weighted by Crippen LogP contribution is 2.32. The summed E-state index contributed by atoms with van der Waals surface area (Å²) >= 11 is 11.9. The lowest BCUT2D eigenvalue weighted by molar-refractivity contribution is 0.105. The largest absolute Gasteiger partial charge is 0.376 e. The fraction of sp³-hybridized carbons (Fsp3) is 0.545. The lowest BCUT2D eigenvalue weighted by Crippen LogP contribution is -2.41. The van der Waals surface area contributed by atoms with E-state index in [-0.39, 0.29) is 11.6 Å². The number of anilines is 1. The lowest BCUT2D eigenvalue weighted by Gasteiger charge is -2.29. The van der Waals surface area contributed by atoms with Crippen LogP contribution in [0.25, 0.3) is 0 Å². The Labute approximate surface area is 105 Å². The Balaban J connectivity index is 2.20. The molecule has 88 valence electrons. The van der Waals surface area contributed by atoms with Crippen molar-refractivity contribution in [2.24, 2.45) is 0 Å². The van der Waals surface area contributed by atoms with E-state index in [1.54, 1.807) is 12.3 Å². The maximum absolute atomic E-state index is 6.07. The number of nitrogens with one attached hydrogen (secondary N) is 1. The van der Waals surface area contributed by atoms with Crippen LogP contribution in [0.15, 0.2) is 12.3 Å². The van der Waals surface area contributed by atoms with Gasteiger partial charge in [-0.3, -0.25) is 0 Å². The molecule has 1 aliphatic heterocycles. The Morgan fingerprint density at radius 3 is 2.88 bits per heavy atom. The van der Waals surface area contributed by atoms with Gasteiger partial charge in [-0.2, -0.15) is 0 Å². The molecule has 1 saturated heterocycles. The predicted octanol–water partition coefficient (Wildman–Crippen LogP) is 3.37. The van der Waals surface area contributed by atoms with Gasteiger partial charge in [0.25, 0.3) is 0 Å². The van der Waals surface area contributed by atoms with Gasteiger partial charge in [0.05, 0.1) is 21.7 Å². The Hall–Kier alpha value is -0.510. The van der Waals surface area contributed by atoms with Crippen LogP contribution in [0, 0.1) is 0 Å². The molecule has 1 aliphatic rings. The van der Waals surface area contributed by atoms with Gasteiger partial charge in [0, 0.05) is 12.8 Å². The van der Waals surface area contributed by atoms with Crippen LogP contribution in [-0.4, -0.2) is 23.2 Å². The second-order valence-corrected chi connectivity index (χ2v) is 5.13. The molecule has 1 N–H and O–H groups in total.